The second kappa shape index (κ2) is 8.88. The van der Waals surface area contributed by atoms with Crippen molar-refractivity contribution in [1.29, 1.82) is 0 Å². The summed E-state index contributed by atoms with van der Waals surface area (Å²) in [5.74, 6) is -1.56. The summed E-state index contributed by atoms with van der Waals surface area (Å²) in [5.41, 5.74) is 10.8. The van der Waals surface area contributed by atoms with Crippen LogP contribution in [0, 0.1) is 0 Å². The number of carbonyl (C=O) groups is 1. The second-order valence-electron chi connectivity index (χ2n) is 6.40. The Balaban J connectivity index is 0.000000227. The van der Waals surface area contributed by atoms with Crippen molar-refractivity contribution >= 4 is 54.0 Å². The lowest BCUT2D eigenvalue weighted by atomic mass is 10.1. The van der Waals surface area contributed by atoms with Crippen molar-refractivity contribution < 1.29 is 40.9 Å². The van der Waals surface area contributed by atoms with Crippen LogP contribution >= 0.6 is 0 Å². The normalized spacial score (nSPS) is 11.5. The Morgan fingerprint density at radius 3 is 1.91 bits per heavy atom. The topological polar surface area (TPSA) is 230 Å². The number of hydrogen-bond donors (Lipinski definition) is 7. The number of benzene rings is 3. The number of phenols is 2. The molecule has 3 rings (SSSR count). The molecule has 3 aromatic rings. The van der Waals surface area contributed by atoms with E-state index >= 15 is 0 Å². The minimum absolute atomic E-state index is 0.0652. The summed E-state index contributed by atoms with van der Waals surface area (Å²) in [6.07, 6.45) is 0. The molecule has 0 radical (unpaired) electrons. The molecule has 0 aliphatic heterocycles. The van der Waals surface area contributed by atoms with Crippen LogP contribution in [0.5, 0.6) is 11.5 Å². The highest BCUT2D eigenvalue weighted by atomic mass is 32.2. The fourth-order valence-corrected chi connectivity index (χ4v) is 4.02. The predicted octanol–water partition coefficient (Wildman–Crippen LogP) is 1.55. The highest BCUT2D eigenvalue weighted by Crippen LogP contribution is 2.35. The first kappa shape index (κ1) is 24.7. The molecule has 0 atom stereocenters. The fourth-order valence-electron chi connectivity index (χ4n) is 2.67. The van der Waals surface area contributed by atoms with E-state index in [0.29, 0.717) is 5.39 Å². The second-order valence-corrected chi connectivity index (χ2v) is 9.18. The number of amides is 1. The van der Waals surface area contributed by atoms with Crippen molar-refractivity contribution in [2.24, 2.45) is 0 Å². The predicted molar refractivity (Wildman–Crippen MR) is 116 cm³/mol. The average Bonchev–Trinajstić information content (AvgIpc) is 2.65. The standard InChI is InChI=1S/C10H9NO4S.C8H10N2O5S/c11-10-7-4-2-1-3-6(7)9(5-8(10)12)16(13,14)15;1-4(11)10-5-2-6(9)8(12)7(3-5)16(13,14)15/h1-5,12H,11H2,(H,13,14,15);2-3,12H,9H2,1H3,(H,10,11)(H,13,14,15). The van der Waals surface area contributed by atoms with Gasteiger partial charge in [-0.3, -0.25) is 13.9 Å². The van der Waals surface area contributed by atoms with Crippen LogP contribution in [-0.2, 0) is 25.0 Å². The first-order valence-corrected chi connectivity index (χ1v) is 11.4. The van der Waals surface area contributed by atoms with Gasteiger partial charge in [-0.1, -0.05) is 24.3 Å². The third-order valence-corrected chi connectivity index (χ3v) is 5.77. The van der Waals surface area contributed by atoms with Gasteiger partial charge in [-0.05, 0) is 12.1 Å². The van der Waals surface area contributed by atoms with E-state index in [1.165, 1.54) is 19.1 Å². The number of hydrogen-bond acceptors (Lipinski definition) is 9. The molecule has 9 N–H and O–H groups in total. The van der Waals surface area contributed by atoms with Crippen molar-refractivity contribution in [1.82, 2.24) is 0 Å². The highest BCUT2D eigenvalue weighted by Gasteiger charge is 2.19. The van der Waals surface area contributed by atoms with E-state index in [9.17, 15) is 31.8 Å². The van der Waals surface area contributed by atoms with Crippen LogP contribution in [-0.4, -0.2) is 42.1 Å². The van der Waals surface area contributed by atoms with Crippen molar-refractivity contribution in [2.75, 3.05) is 16.8 Å². The number of rotatable bonds is 3. The van der Waals surface area contributed by atoms with Crippen LogP contribution in [0.1, 0.15) is 6.92 Å². The zero-order valence-electron chi connectivity index (χ0n) is 16.3. The van der Waals surface area contributed by atoms with E-state index in [2.05, 4.69) is 5.32 Å². The van der Waals surface area contributed by atoms with Gasteiger partial charge in [0.25, 0.3) is 20.2 Å². The molecule has 12 nitrogen and oxygen atoms in total. The summed E-state index contributed by atoms with van der Waals surface area (Å²) in [5, 5.41) is 21.7. The molecule has 32 heavy (non-hydrogen) atoms. The van der Waals surface area contributed by atoms with Crippen molar-refractivity contribution in [3.05, 3.63) is 42.5 Å². The number of anilines is 3. The molecule has 0 saturated heterocycles. The summed E-state index contributed by atoms with van der Waals surface area (Å²) in [7, 11) is -8.98. The van der Waals surface area contributed by atoms with Gasteiger partial charge in [0.05, 0.1) is 11.4 Å². The van der Waals surface area contributed by atoms with E-state index in [0.717, 1.165) is 12.1 Å². The zero-order valence-corrected chi connectivity index (χ0v) is 18.0. The van der Waals surface area contributed by atoms with Crippen LogP contribution in [0.15, 0.2) is 52.3 Å². The Hall–Kier alpha value is -3.59. The van der Waals surface area contributed by atoms with Crippen molar-refractivity contribution in [3.8, 4) is 11.5 Å². The molecule has 0 aliphatic carbocycles. The minimum atomic E-state index is -4.60. The Labute approximate surface area is 182 Å². The van der Waals surface area contributed by atoms with E-state index in [1.807, 2.05) is 0 Å². The first-order chi connectivity index (χ1) is 14.6. The van der Waals surface area contributed by atoms with Gasteiger partial charge < -0.3 is 27.0 Å². The lowest BCUT2D eigenvalue weighted by Gasteiger charge is -2.08. The number of nitrogens with two attached hydrogens (primary N) is 2. The summed E-state index contributed by atoms with van der Waals surface area (Å²) >= 11 is 0. The third-order valence-electron chi connectivity index (χ3n) is 4.01. The number of nitrogens with one attached hydrogen (secondary N) is 1. The van der Waals surface area contributed by atoms with Crippen LogP contribution in [0.3, 0.4) is 0 Å². The van der Waals surface area contributed by atoms with Gasteiger partial charge in [-0.2, -0.15) is 16.8 Å². The van der Waals surface area contributed by atoms with E-state index in [-0.39, 0.29) is 33.1 Å². The van der Waals surface area contributed by atoms with Crippen LogP contribution in [0.2, 0.25) is 0 Å². The molecule has 0 heterocycles. The smallest absolute Gasteiger partial charge is 0.298 e. The molecule has 0 aliphatic rings. The van der Waals surface area contributed by atoms with Crippen LogP contribution in [0.25, 0.3) is 10.8 Å². The maximum Gasteiger partial charge on any atom is 0.298 e. The average molecular weight is 485 g/mol. The maximum atomic E-state index is 11.1. The van der Waals surface area contributed by atoms with Crippen molar-refractivity contribution in [2.45, 2.75) is 16.7 Å². The SMILES string of the molecule is CC(=O)Nc1cc(N)c(O)c(S(=O)(=O)O)c1.Nc1c(O)cc(S(=O)(=O)O)c2ccccc12. The quantitative estimate of drug-likeness (QED) is 0.122. The van der Waals surface area contributed by atoms with Crippen LogP contribution in [0.4, 0.5) is 17.1 Å². The van der Waals surface area contributed by atoms with Gasteiger partial charge in [0, 0.05) is 29.4 Å². The molecule has 1 amide bonds. The monoisotopic (exact) mass is 485 g/mol. The van der Waals surface area contributed by atoms with Gasteiger partial charge >= 0.3 is 0 Å². The summed E-state index contributed by atoms with van der Waals surface area (Å²) in [6.45, 7) is 1.22. The van der Waals surface area contributed by atoms with E-state index in [4.69, 9.17) is 20.6 Å². The van der Waals surface area contributed by atoms with E-state index in [1.54, 1.807) is 18.2 Å². The van der Waals surface area contributed by atoms with Gasteiger partial charge in [-0.15, -0.1) is 0 Å². The van der Waals surface area contributed by atoms with Crippen molar-refractivity contribution in [3.63, 3.8) is 0 Å². The van der Waals surface area contributed by atoms with E-state index < -0.39 is 36.8 Å². The molecule has 0 bridgehead atoms. The molecule has 14 heteroatoms. The maximum absolute atomic E-state index is 11.1. The third kappa shape index (κ3) is 5.55. The highest BCUT2D eigenvalue weighted by molar-refractivity contribution is 7.86. The summed E-state index contributed by atoms with van der Waals surface area (Å²) in [6, 6.07) is 9.37. The lowest BCUT2D eigenvalue weighted by molar-refractivity contribution is -0.114. The zero-order chi connectivity index (χ0) is 24.4. The molecular weight excluding hydrogens is 466 g/mol. The van der Waals surface area contributed by atoms with Gasteiger partial charge in [0.2, 0.25) is 5.91 Å². The molecule has 0 aromatic heterocycles. The molecule has 0 saturated carbocycles. The number of carbonyl (C=O) groups excluding carboxylic acids is 1. The number of fused-ring (bicyclic) bond motifs is 1. The summed E-state index contributed by atoms with van der Waals surface area (Å²) in [4.78, 5) is 9.64. The molecular formula is C18H19N3O9S2. The Morgan fingerprint density at radius 2 is 1.41 bits per heavy atom. The van der Waals surface area contributed by atoms with Crippen LogP contribution < -0.4 is 16.8 Å². The van der Waals surface area contributed by atoms with Gasteiger partial charge in [0.1, 0.15) is 15.5 Å². The number of nitrogen functional groups attached to an aromatic ring is 2. The fraction of sp³-hybridized carbons (Fsp3) is 0.0556. The molecule has 0 fully saturated rings. The number of phenolic OH excluding ortho intramolecular Hbond substituents is 2. The Bertz CT molecular complexity index is 1420. The molecule has 0 spiro atoms. The molecule has 172 valence electrons. The lowest BCUT2D eigenvalue weighted by Crippen LogP contribution is -2.08. The first-order valence-electron chi connectivity index (χ1n) is 8.48. The molecule has 0 unspecified atom stereocenters. The largest absolute Gasteiger partial charge is 0.506 e. The Morgan fingerprint density at radius 1 is 0.875 bits per heavy atom. The molecule has 3 aromatic carbocycles. The number of aromatic hydroxyl groups is 2. The van der Waals surface area contributed by atoms with Gasteiger partial charge in [0.15, 0.2) is 5.75 Å². The summed E-state index contributed by atoms with van der Waals surface area (Å²) < 4.78 is 61.8. The Kier molecular flexibility index (Phi) is 6.84. The minimum Gasteiger partial charge on any atom is -0.506 e. The van der Waals surface area contributed by atoms with Gasteiger partial charge in [-0.25, -0.2) is 0 Å².